The normalized spacial score (nSPS) is 11.3. The number of benzene rings is 1. The SMILES string of the molecule is CCCCOOc1cccc(C(F)(F)F)c1Oc1ccccn1. The van der Waals surface area contributed by atoms with E-state index in [1.807, 2.05) is 6.92 Å². The Kier molecular flexibility index (Phi) is 5.81. The number of hydrogen-bond donors (Lipinski definition) is 0. The second-order valence-corrected chi connectivity index (χ2v) is 4.66. The van der Waals surface area contributed by atoms with Gasteiger partial charge < -0.3 is 9.62 Å². The van der Waals surface area contributed by atoms with Gasteiger partial charge in [-0.2, -0.15) is 18.1 Å². The molecule has 0 fully saturated rings. The first kappa shape index (κ1) is 17.1. The zero-order valence-electron chi connectivity index (χ0n) is 12.5. The van der Waals surface area contributed by atoms with Crippen molar-refractivity contribution in [3.8, 4) is 17.4 Å². The van der Waals surface area contributed by atoms with Gasteiger partial charge in [0.15, 0.2) is 5.75 Å². The lowest BCUT2D eigenvalue weighted by Gasteiger charge is -2.16. The number of halogens is 3. The quantitative estimate of drug-likeness (QED) is 0.407. The summed E-state index contributed by atoms with van der Waals surface area (Å²) >= 11 is 0. The molecule has 2 rings (SSSR count). The predicted molar refractivity (Wildman–Crippen MR) is 77.2 cm³/mol. The van der Waals surface area contributed by atoms with Crippen molar-refractivity contribution in [2.45, 2.75) is 25.9 Å². The van der Waals surface area contributed by atoms with E-state index >= 15 is 0 Å². The summed E-state index contributed by atoms with van der Waals surface area (Å²) < 4.78 is 44.8. The maximum absolute atomic E-state index is 13.2. The minimum atomic E-state index is -4.59. The van der Waals surface area contributed by atoms with Crippen LogP contribution in [0, 0.1) is 0 Å². The molecule has 7 heteroatoms. The molecular formula is C16H16F3NO3. The maximum Gasteiger partial charge on any atom is 0.420 e. The van der Waals surface area contributed by atoms with Crippen LogP contribution in [0.2, 0.25) is 0 Å². The van der Waals surface area contributed by atoms with E-state index < -0.39 is 17.5 Å². The fourth-order valence-electron chi connectivity index (χ4n) is 1.73. The van der Waals surface area contributed by atoms with Gasteiger partial charge in [0.1, 0.15) is 5.56 Å². The molecule has 0 bridgehead atoms. The fourth-order valence-corrected chi connectivity index (χ4v) is 1.73. The molecule has 2 aromatic rings. The van der Waals surface area contributed by atoms with E-state index in [0.717, 1.165) is 18.9 Å². The summed E-state index contributed by atoms with van der Waals surface area (Å²) in [7, 11) is 0. The Morgan fingerprint density at radius 2 is 1.91 bits per heavy atom. The molecule has 1 aromatic carbocycles. The number of alkyl halides is 3. The van der Waals surface area contributed by atoms with Crippen LogP contribution in [0.15, 0.2) is 42.6 Å². The minimum Gasteiger partial charge on any atom is -0.434 e. The molecule has 1 aromatic heterocycles. The molecular weight excluding hydrogens is 311 g/mol. The van der Waals surface area contributed by atoms with Crippen molar-refractivity contribution in [1.29, 1.82) is 0 Å². The number of aromatic nitrogens is 1. The average Bonchev–Trinajstić information content (AvgIpc) is 2.52. The number of unbranched alkanes of at least 4 members (excludes halogenated alkanes) is 1. The molecule has 0 aliphatic carbocycles. The zero-order valence-corrected chi connectivity index (χ0v) is 12.5. The maximum atomic E-state index is 13.2. The molecule has 0 amide bonds. The van der Waals surface area contributed by atoms with Gasteiger partial charge in [0.25, 0.3) is 0 Å². The summed E-state index contributed by atoms with van der Waals surface area (Å²) in [5, 5.41) is 0. The second kappa shape index (κ2) is 7.82. The van der Waals surface area contributed by atoms with Crippen molar-refractivity contribution >= 4 is 0 Å². The highest BCUT2D eigenvalue weighted by Gasteiger charge is 2.36. The van der Waals surface area contributed by atoms with Crippen LogP contribution >= 0.6 is 0 Å². The molecule has 0 aliphatic heterocycles. The molecule has 0 aliphatic rings. The van der Waals surface area contributed by atoms with Crippen LogP contribution in [0.1, 0.15) is 25.3 Å². The molecule has 0 saturated carbocycles. The topological polar surface area (TPSA) is 40.6 Å². The van der Waals surface area contributed by atoms with Crippen LogP contribution in [0.4, 0.5) is 13.2 Å². The molecule has 23 heavy (non-hydrogen) atoms. The van der Waals surface area contributed by atoms with Gasteiger partial charge in [-0.3, -0.25) is 0 Å². The third-order valence-electron chi connectivity index (χ3n) is 2.86. The Labute approximate surface area is 131 Å². The molecule has 0 N–H and O–H groups in total. The van der Waals surface area contributed by atoms with E-state index in [2.05, 4.69) is 4.98 Å². The number of ether oxygens (including phenoxy) is 1. The number of nitrogens with zero attached hydrogens (tertiary/aromatic N) is 1. The van der Waals surface area contributed by atoms with Crippen LogP contribution in [0.5, 0.6) is 17.4 Å². The monoisotopic (exact) mass is 327 g/mol. The molecule has 1 heterocycles. The van der Waals surface area contributed by atoms with E-state index in [4.69, 9.17) is 14.5 Å². The van der Waals surface area contributed by atoms with Crippen molar-refractivity contribution in [1.82, 2.24) is 4.98 Å². The number of pyridine rings is 1. The fraction of sp³-hybridized carbons (Fsp3) is 0.312. The lowest BCUT2D eigenvalue weighted by molar-refractivity contribution is -0.208. The first-order valence-electron chi connectivity index (χ1n) is 7.11. The van der Waals surface area contributed by atoms with Crippen LogP contribution in [-0.2, 0) is 11.1 Å². The highest BCUT2D eigenvalue weighted by molar-refractivity contribution is 5.49. The van der Waals surface area contributed by atoms with E-state index in [9.17, 15) is 13.2 Å². The van der Waals surface area contributed by atoms with Crippen molar-refractivity contribution in [2.75, 3.05) is 6.61 Å². The molecule has 0 atom stereocenters. The van der Waals surface area contributed by atoms with Crippen LogP contribution in [-0.4, -0.2) is 11.6 Å². The molecule has 0 spiro atoms. The Hall–Kier alpha value is -2.28. The predicted octanol–water partition coefficient (Wildman–Crippen LogP) is 5.00. The average molecular weight is 327 g/mol. The van der Waals surface area contributed by atoms with Crippen molar-refractivity contribution < 1.29 is 27.7 Å². The van der Waals surface area contributed by atoms with Gasteiger partial charge in [-0.15, -0.1) is 0 Å². The molecule has 124 valence electrons. The van der Waals surface area contributed by atoms with Gasteiger partial charge in [0.05, 0.1) is 6.61 Å². The largest absolute Gasteiger partial charge is 0.434 e. The van der Waals surface area contributed by atoms with E-state index in [1.54, 1.807) is 12.1 Å². The van der Waals surface area contributed by atoms with Crippen molar-refractivity contribution in [2.24, 2.45) is 0 Å². The van der Waals surface area contributed by atoms with Gasteiger partial charge in [-0.25, -0.2) is 4.98 Å². The van der Waals surface area contributed by atoms with Crippen LogP contribution < -0.4 is 9.62 Å². The van der Waals surface area contributed by atoms with Gasteiger partial charge in [0, 0.05) is 12.3 Å². The minimum absolute atomic E-state index is 0.0302. The van der Waals surface area contributed by atoms with Crippen molar-refractivity contribution in [3.05, 3.63) is 48.2 Å². The van der Waals surface area contributed by atoms with E-state index in [-0.39, 0.29) is 18.2 Å². The van der Waals surface area contributed by atoms with Crippen LogP contribution in [0.25, 0.3) is 0 Å². The number of hydrogen-bond acceptors (Lipinski definition) is 4. The third kappa shape index (κ3) is 4.85. The third-order valence-corrected chi connectivity index (χ3v) is 2.86. The highest BCUT2D eigenvalue weighted by atomic mass is 19.4. The molecule has 0 radical (unpaired) electrons. The summed E-state index contributed by atoms with van der Waals surface area (Å²) in [6.07, 6.45) is -1.56. The second-order valence-electron chi connectivity index (χ2n) is 4.66. The summed E-state index contributed by atoms with van der Waals surface area (Å²) in [6, 6.07) is 8.18. The van der Waals surface area contributed by atoms with Gasteiger partial charge in [-0.05, 0) is 24.6 Å². The lowest BCUT2D eigenvalue weighted by atomic mass is 10.2. The van der Waals surface area contributed by atoms with Crippen LogP contribution in [0.3, 0.4) is 0 Å². The number of rotatable bonds is 7. The van der Waals surface area contributed by atoms with E-state index in [0.29, 0.717) is 0 Å². The molecule has 0 saturated heterocycles. The highest BCUT2D eigenvalue weighted by Crippen LogP contribution is 2.43. The Balaban J connectivity index is 2.29. The lowest BCUT2D eigenvalue weighted by Crippen LogP contribution is -2.09. The van der Waals surface area contributed by atoms with E-state index in [1.165, 1.54) is 24.4 Å². The number of para-hydroxylation sites is 1. The smallest absolute Gasteiger partial charge is 0.420 e. The summed E-state index contributed by atoms with van der Waals surface area (Å²) in [5.74, 6) is -0.598. The first-order valence-corrected chi connectivity index (χ1v) is 7.11. The Bertz CT molecular complexity index is 618. The standard InChI is InChI=1S/C16H16F3NO3/c1-2-3-11-21-23-13-8-6-7-12(16(17,18)19)15(13)22-14-9-4-5-10-20-14/h4-10H,2-3,11H2,1H3. The zero-order chi connectivity index (χ0) is 16.7. The van der Waals surface area contributed by atoms with Gasteiger partial charge >= 0.3 is 6.18 Å². The van der Waals surface area contributed by atoms with Crippen molar-refractivity contribution in [3.63, 3.8) is 0 Å². The molecule has 0 unspecified atom stereocenters. The summed E-state index contributed by atoms with van der Waals surface area (Å²) in [6.45, 7) is 2.24. The van der Waals surface area contributed by atoms with Gasteiger partial charge in [-0.1, -0.05) is 25.5 Å². The van der Waals surface area contributed by atoms with Gasteiger partial charge in [0.2, 0.25) is 11.6 Å². The Morgan fingerprint density at radius 1 is 1.09 bits per heavy atom. The summed E-state index contributed by atoms with van der Waals surface area (Å²) in [5.41, 5.74) is -0.959. The first-order chi connectivity index (χ1) is 11.0. The Morgan fingerprint density at radius 3 is 2.57 bits per heavy atom. The summed E-state index contributed by atoms with van der Waals surface area (Å²) in [4.78, 5) is 13.8. The molecule has 4 nitrogen and oxygen atoms in total.